The molecule has 0 spiro atoms. The molecule has 0 aromatic carbocycles. The van der Waals surface area contributed by atoms with Crippen LogP contribution >= 0.6 is 22.9 Å². The van der Waals surface area contributed by atoms with E-state index in [-0.39, 0.29) is 8.55 Å². The molecule has 1 atom stereocenters. The van der Waals surface area contributed by atoms with Gasteiger partial charge in [-0.15, -0.1) is 17.8 Å². The van der Waals surface area contributed by atoms with Crippen molar-refractivity contribution in [3.63, 3.8) is 0 Å². The summed E-state index contributed by atoms with van der Waals surface area (Å²) in [5, 5.41) is 10.6. The summed E-state index contributed by atoms with van der Waals surface area (Å²) in [6.45, 7) is 1.72. The largest absolute Gasteiger partial charge is 0.300 e. The van der Waals surface area contributed by atoms with Gasteiger partial charge in [-0.05, 0) is 6.42 Å². The highest BCUT2D eigenvalue weighted by Crippen LogP contribution is 2.36. The second-order valence-corrected chi connectivity index (χ2v) is 6.83. The van der Waals surface area contributed by atoms with Crippen molar-refractivity contribution >= 4 is 38.6 Å². The summed E-state index contributed by atoms with van der Waals surface area (Å²) in [4.78, 5) is 9.84. The fraction of sp³-hybridized carbons (Fsp3) is 0.333. The Balaban J connectivity index is 3.11. The Morgan fingerprint density at radius 1 is 1.72 bits per heavy atom. The molecule has 18 heavy (non-hydrogen) atoms. The minimum Gasteiger partial charge on any atom is -0.258 e. The molecule has 1 aromatic rings. The zero-order chi connectivity index (χ0) is 13.9. The van der Waals surface area contributed by atoms with Crippen LogP contribution < -0.4 is 4.72 Å². The quantitative estimate of drug-likeness (QED) is 0.512. The molecule has 0 amide bonds. The van der Waals surface area contributed by atoms with E-state index in [2.05, 4.69) is 10.6 Å². The predicted octanol–water partition coefficient (Wildman–Crippen LogP) is 2.00. The third-order valence-electron chi connectivity index (χ3n) is 2.01. The lowest BCUT2D eigenvalue weighted by Gasteiger charge is -2.09. The van der Waals surface area contributed by atoms with Crippen molar-refractivity contribution in [2.24, 2.45) is 0 Å². The van der Waals surface area contributed by atoms with E-state index in [0.717, 1.165) is 6.07 Å². The maximum atomic E-state index is 11.9. The molecule has 0 saturated carbocycles. The molecule has 1 N–H and O–H groups in total. The first-order valence-corrected chi connectivity index (χ1v) is 7.41. The molecule has 0 bridgehead atoms. The third kappa shape index (κ3) is 3.20. The summed E-state index contributed by atoms with van der Waals surface area (Å²) >= 11 is 6.21. The smallest absolute Gasteiger partial charge is 0.258 e. The molecule has 1 aromatic heterocycles. The summed E-state index contributed by atoms with van der Waals surface area (Å²) in [7, 11) is -3.88. The number of hydrogen-bond acceptors (Lipinski definition) is 5. The van der Waals surface area contributed by atoms with Crippen LogP contribution in [-0.2, 0) is 10.0 Å². The van der Waals surface area contributed by atoms with E-state index in [1.54, 1.807) is 6.92 Å². The first-order chi connectivity index (χ1) is 8.31. The van der Waals surface area contributed by atoms with E-state index in [4.69, 9.17) is 18.0 Å². The van der Waals surface area contributed by atoms with Gasteiger partial charge in [0, 0.05) is 6.07 Å². The van der Waals surface area contributed by atoms with Crippen molar-refractivity contribution in [1.29, 1.82) is 0 Å². The van der Waals surface area contributed by atoms with Crippen molar-refractivity contribution in [1.82, 2.24) is 4.72 Å². The maximum absolute atomic E-state index is 11.9. The topological polar surface area (TPSA) is 89.3 Å². The monoisotopic (exact) mass is 308 g/mol. The van der Waals surface area contributed by atoms with Crippen molar-refractivity contribution in [2.45, 2.75) is 23.6 Å². The number of hydrogen-bond donors (Lipinski definition) is 1. The Labute approximate surface area is 113 Å². The zero-order valence-corrected chi connectivity index (χ0v) is 11.6. The van der Waals surface area contributed by atoms with Gasteiger partial charge in [0.2, 0.25) is 0 Å². The van der Waals surface area contributed by atoms with Gasteiger partial charge >= 0.3 is 0 Å². The molecule has 0 aliphatic heterocycles. The lowest BCUT2D eigenvalue weighted by atomic mass is 10.3. The molecule has 9 heteroatoms. The van der Waals surface area contributed by atoms with Gasteiger partial charge in [-0.2, -0.15) is 4.72 Å². The van der Waals surface area contributed by atoms with Gasteiger partial charge in [0.1, 0.15) is 4.21 Å². The normalized spacial score (nSPS) is 12.9. The predicted molar refractivity (Wildman–Crippen MR) is 69.2 cm³/mol. The van der Waals surface area contributed by atoms with Crippen molar-refractivity contribution in [3.8, 4) is 12.3 Å². The van der Waals surface area contributed by atoms with E-state index in [1.807, 2.05) is 0 Å². The van der Waals surface area contributed by atoms with Gasteiger partial charge in [-0.1, -0.05) is 24.4 Å². The SMILES string of the molecule is C#CC(CC)NS(=O)(=O)c1cc([N+](=O)[O-])c(Cl)s1. The summed E-state index contributed by atoms with van der Waals surface area (Å²) in [6, 6.07) is 0.258. The number of thiophene rings is 1. The zero-order valence-electron chi connectivity index (χ0n) is 9.21. The Hall–Kier alpha value is -1.14. The number of nitrogens with one attached hydrogen (secondary N) is 1. The molecule has 1 heterocycles. The van der Waals surface area contributed by atoms with Crippen molar-refractivity contribution < 1.29 is 13.3 Å². The van der Waals surface area contributed by atoms with E-state index in [9.17, 15) is 18.5 Å². The highest BCUT2D eigenvalue weighted by Gasteiger charge is 2.26. The minimum absolute atomic E-state index is 0.186. The third-order valence-corrected chi connectivity index (χ3v) is 5.30. The molecule has 1 unspecified atom stereocenters. The van der Waals surface area contributed by atoms with Crippen LogP contribution in [0.1, 0.15) is 13.3 Å². The van der Waals surface area contributed by atoms with Gasteiger partial charge in [0.15, 0.2) is 4.34 Å². The average molecular weight is 309 g/mol. The molecule has 6 nitrogen and oxygen atoms in total. The number of nitro groups is 1. The van der Waals surface area contributed by atoms with E-state index < -0.39 is 26.7 Å². The molecule has 1 rings (SSSR count). The van der Waals surface area contributed by atoms with Crippen LogP contribution in [-0.4, -0.2) is 19.4 Å². The summed E-state index contributed by atoms with van der Waals surface area (Å²) in [5.41, 5.74) is -0.434. The van der Waals surface area contributed by atoms with Crippen LogP contribution in [0.5, 0.6) is 0 Å². The molecule has 98 valence electrons. The van der Waals surface area contributed by atoms with E-state index >= 15 is 0 Å². The van der Waals surface area contributed by atoms with Crippen LogP contribution in [0.25, 0.3) is 0 Å². The van der Waals surface area contributed by atoms with E-state index in [1.165, 1.54) is 0 Å². The summed E-state index contributed by atoms with van der Waals surface area (Å²) < 4.78 is 25.6. The summed E-state index contributed by atoms with van der Waals surface area (Å²) in [5.74, 6) is 2.27. The van der Waals surface area contributed by atoms with Gasteiger partial charge in [-0.3, -0.25) is 10.1 Å². The Morgan fingerprint density at radius 3 is 2.72 bits per heavy atom. The summed E-state index contributed by atoms with van der Waals surface area (Å²) in [6.07, 6.45) is 5.56. The second kappa shape index (κ2) is 5.67. The number of halogens is 1. The molecule has 0 fully saturated rings. The Kier molecular flexibility index (Phi) is 4.70. The molecule has 0 aliphatic carbocycles. The second-order valence-electron chi connectivity index (χ2n) is 3.23. The number of terminal acetylenes is 1. The van der Waals surface area contributed by atoms with Crippen molar-refractivity contribution in [2.75, 3.05) is 0 Å². The average Bonchev–Trinajstić information content (AvgIpc) is 2.69. The lowest BCUT2D eigenvalue weighted by molar-refractivity contribution is -0.384. The van der Waals surface area contributed by atoms with Crippen LogP contribution in [0, 0.1) is 22.5 Å². The number of rotatable bonds is 5. The first-order valence-electron chi connectivity index (χ1n) is 4.74. The lowest BCUT2D eigenvalue weighted by Crippen LogP contribution is -2.32. The van der Waals surface area contributed by atoms with Gasteiger partial charge in [-0.25, -0.2) is 8.42 Å². The number of sulfonamides is 1. The molecule has 0 radical (unpaired) electrons. The first kappa shape index (κ1) is 14.9. The molecular formula is C9H9ClN2O4S2. The van der Waals surface area contributed by atoms with Crippen LogP contribution in [0.3, 0.4) is 0 Å². The van der Waals surface area contributed by atoms with Gasteiger partial charge in [0.25, 0.3) is 15.7 Å². The standard InChI is InChI=1S/C9H9ClN2O4S2/c1-3-6(4-2)11-18(15,16)8-5-7(12(13)14)9(10)17-8/h1,5-6,11H,4H2,2H3. The Bertz CT molecular complexity index is 603. The van der Waals surface area contributed by atoms with Gasteiger partial charge in [0.05, 0.1) is 11.0 Å². The van der Waals surface area contributed by atoms with Gasteiger partial charge < -0.3 is 0 Å². The highest BCUT2D eigenvalue weighted by atomic mass is 35.5. The molecule has 0 aliphatic rings. The van der Waals surface area contributed by atoms with Crippen molar-refractivity contribution in [3.05, 3.63) is 20.5 Å². The fourth-order valence-corrected chi connectivity index (χ4v) is 4.00. The minimum atomic E-state index is -3.88. The van der Waals surface area contributed by atoms with Crippen LogP contribution in [0.15, 0.2) is 10.3 Å². The maximum Gasteiger partial charge on any atom is 0.300 e. The fourth-order valence-electron chi connectivity index (χ4n) is 1.08. The highest BCUT2D eigenvalue weighted by molar-refractivity contribution is 7.91. The number of nitrogens with zero attached hydrogens (tertiary/aromatic N) is 1. The Morgan fingerprint density at radius 2 is 2.33 bits per heavy atom. The molecule has 0 saturated heterocycles. The molecular weight excluding hydrogens is 300 g/mol. The van der Waals surface area contributed by atoms with Crippen LogP contribution in [0.4, 0.5) is 5.69 Å². The van der Waals surface area contributed by atoms with Crippen LogP contribution in [0.2, 0.25) is 4.34 Å². The van der Waals surface area contributed by atoms with E-state index in [0.29, 0.717) is 17.8 Å².